The van der Waals surface area contributed by atoms with Crippen molar-refractivity contribution in [3.63, 3.8) is 0 Å². The number of nitriles is 1. The Bertz CT molecular complexity index is 971. The highest BCUT2D eigenvalue weighted by Crippen LogP contribution is 2.26. The number of hydrogen-bond acceptors (Lipinski definition) is 5. The normalized spacial score (nSPS) is 18.1. The van der Waals surface area contributed by atoms with Crippen molar-refractivity contribution < 1.29 is 19.1 Å². The highest BCUT2D eigenvalue weighted by Gasteiger charge is 2.29. The van der Waals surface area contributed by atoms with Gasteiger partial charge in [0.15, 0.2) is 6.61 Å². The van der Waals surface area contributed by atoms with Crippen LogP contribution in [0.5, 0.6) is 11.5 Å². The third-order valence-electron chi connectivity index (χ3n) is 5.54. The fourth-order valence-electron chi connectivity index (χ4n) is 3.90. The van der Waals surface area contributed by atoms with Crippen molar-refractivity contribution in [2.45, 2.75) is 45.2 Å². The minimum Gasteiger partial charge on any atom is -0.495 e. The van der Waals surface area contributed by atoms with Crippen LogP contribution in [0.2, 0.25) is 0 Å². The maximum atomic E-state index is 12.6. The number of hydrogen-bond donors (Lipinski definition) is 1. The highest BCUT2D eigenvalue weighted by atomic mass is 16.5. The first-order valence-electron chi connectivity index (χ1n) is 10.4. The molecule has 2 unspecified atom stereocenters. The SMILES string of the molecule is COc1ccc(C#N)cc1NC(=O)c1ccc(OCC(=O)N2C(C)CCCC2C)cc1. The van der Waals surface area contributed by atoms with Gasteiger partial charge in [-0.15, -0.1) is 0 Å². The number of nitrogens with zero attached hydrogens (tertiary/aromatic N) is 2. The quantitative estimate of drug-likeness (QED) is 0.762. The number of piperidine rings is 1. The number of rotatable bonds is 6. The van der Waals surface area contributed by atoms with Crippen LogP contribution in [0, 0.1) is 11.3 Å². The summed E-state index contributed by atoms with van der Waals surface area (Å²) in [5, 5.41) is 11.8. The number of carbonyl (C=O) groups excluding carboxylic acids is 2. The van der Waals surface area contributed by atoms with Crippen molar-refractivity contribution in [1.82, 2.24) is 4.90 Å². The molecule has 0 bridgehead atoms. The largest absolute Gasteiger partial charge is 0.495 e. The molecule has 1 N–H and O–H groups in total. The third-order valence-corrected chi connectivity index (χ3v) is 5.54. The van der Waals surface area contributed by atoms with E-state index in [1.165, 1.54) is 7.11 Å². The smallest absolute Gasteiger partial charge is 0.260 e. The summed E-state index contributed by atoms with van der Waals surface area (Å²) in [4.78, 5) is 27.1. The van der Waals surface area contributed by atoms with Crippen LogP contribution in [-0.4, -0.2) is 42.5 Å². The molecular formula is C24H27N3O4. The number of carbonyl (C=O) groups is 2. The summed E-state index contributed by atoms with van der Waals surface area (Å²) in [5.41, 5.74) is 1.26. The summed E-state index contributed by atoms with van der Waals surface area (Å²) < 4.78 is 10.9. The zero-order valence-corrected chi connectivity index (χ0v) is 18.1. The van der Waals surface area contributed by atoms with Crippen LogP contribution in [-0.2, 0) is 4.79 Å². The Morgan fingerprint density at radius 3 is 2.42 bits per heavy atom. The van der Waals surface area contributed by atoms with E-state index in [9.17, 15) is 9.59 Å². The molecule has 0 aliphatic carbocycles. The summed E-state index contributed by atoms with van der Waals surface area (Å²) >= 11 is 0. The van der Waals surface area contributed by atoms with Gasteiger partial charge in [0.2, 0.25) is 0 Å². The molecule has 1 fully saturated rings. The van der Waals surface area contributed by atoms with E-state index in [0.717, 1.165) is 19.3 Å². The molecule has 0 radical (unpaired) electrons. The molecule has 0 aromatic heterocycles. The van der Waals surface area contributed by atoms with Crippen molar-refractivity contribution in [2.24, 2.45) is 0 Å². The fraction of sp³-hybridized carbons (Fsp3) is 0.375. The van der Waals surface area contributed by atoms with E-state index in [4.69, 9.17) is 14.7 Å². The standard InChI is InChI=1S/C24H27N3O4/c1-16-5-4-6-17(2)27(16)23(28)15-31-20-10-8-19(9-11-20)24(29)26-21-13-18(14-25)7-12-22(21)30-3/h7-13,16-17H,4-6,15H2,1-3H3,(H,26,29). The van der Waals surface area contributed by atoms with E-state index in [1.807, 2.05) is 11.0 Å². The Hall–Kier alpha value is -3.53. The first-order chi connectivity index (χ1) is 14.9. The van der Waals surface area contributed by atoms with Crippen molar-refractivity contribution in [1.29, 1.82) is 5.26 Å². The second-order valence-electron chi connectivity index (χ2n) is 7.72. The van der Waals surface area contributed by atoms with Gasteiger partial charge in [0, 0.05) is 17.6 Å². The Morgan fingerprint density at radius 2 is 1.81 bits per heavy atom. The minimum atomic E-state index is -0.341. The molecule has 7 nitrogen and oxygen atoms in total. The van der Waals surface area contributed by atoms with Crippen LogP contribution in [0.25, 0.3) is 0 Å². The van der Waals surface area contributed by atoms with Crippen LogP contribution < -0.4 is 14.8 Å². The first kappa shape index (κ1) is 22.2. The predicted molar refractivity (Wildman–Crippen MR) is 117 cm³/mol. The number of methoxy groups -OCH3 is 1. The molecule has 2 amide bonds. The Labute approximate surface area is 182 Å². The lowest BCUT2D eigenvalue weighted by Crippen LogP contribution is -2.49. The average molecular weight is 421 g/mol. The molecule has 0 spiro atoms. The van der Waals surface area contributed by atoms with E-state index in [2.05, 4.69) is 19.2 Å². The number of amides is 2. The monoisotopic (exact) mass is 421 g/mol. The van der Waals surface area contributed by atoms with E-state index in [1.54, 1.807) is 42.5 Å². The number of nitrogens with one attached hydrogen (secondary N) is 1. The van der Waals surface area contributed by atoms with Gasteiger partial charge >= 0.3 is 0 Å². The average Bonchev–Trinajstić information content (AvgIpc) is 2.77. The lowest BCUT2D eigenvalue weighted by molar-refractivity contribution is -0.139. The molecular weight excluding hydrogens is 394 g/mol. The van der Waals surface area contributed by atoms with Gasteiger partial charge in [0.05, 0.1) is 24.4 Å². The van der Waals surface area contributed by atoms with Crippen LogP contribution in [0.15, 0.2) is 42.5 Å². The molecule has 2 atom stereocenters. The molecule has 2 aromatic carbocycles. The van der Waals surface area contributed by atoms with Crippen molar-refractivity contribution in [2.75, 3.05) is 19.0 Å². The van der Waals surface area contributed by atoms with Crippen LogP contribution in [0.1, 0.15) is 49.0 Å². The zero-order chi connectivity index (χ0) is 22.4. The van der Waals surface area contributed by atoms with Crippen LogP contribution >= 0.6 is 0 Å². The van der Waals surface area contributed by atoms with Gasteiger partial charge < -0.3 is 19.7 Å². The number of likely N-dealkylation sites (tertiary alicyclic amines) is 1. The summed E-state index contributed by atoms with van der Waals surface area (Å²) in [6.45, 7) is 4.11. The maximum Gasteiger partial charge on any atom is 0.260 e. The lowest BCUT2D eigenvalue weighted by Gasteiger charge is -2.38. The predicted octanol–water partition coefficient (Wildman–Crippen LogP) is 3.99. The molecule has 7 heteroatoms. The van der Waals surface area contributed by atoms with Gasteiger partial charge in [-0.1, -0.05) is 0 Å². The summed E-state index contributed by atoms with van der Waals surface area (Å²) in [6, 6.07) is 13.9. The van der Waals surface area contributed by atoms with E-state index in [-0.39, 0.29) is 30.5 Å². The van der Waals surface area contributed by atoms with Gasteiger partial charge in [0.1, 0.15) is 11.5 Å². The van der Waals surface area contributed by atoms with Gasteiger partial charge in [-0.2, -0.15) is 5.26 Å². The van der Waals surface area contributed by atoms with Gasteiger partial charge in [-0.05, 0) is 75.6 Å². The molecule has 1 saturated heterocycles. The molecule has 31 heavy (non-hydrogen) atoms. The fourth-order valence-corrected chi connectivity index (χ4v) is 3.90. The number of benzene rings is 2. The van der Waals surface area contributed by atoms with Crippen LogP contribution in [0.4, 0.5) is 5.69 Å². The van der Waals surface area contributed by atoms with Crippen molar-refractivity contribution in [3.05, 3.63) is 53.6 Å². The second kappa shape index (κ2) is 9.98. The number of ether oxygens (including phenoxy) is 2. The van der Waals surface area contributed by atoms with Crippen molar-refractivity contribution >= 4 is 17.5 Å². The van der Waals surface area contributed by atoms with Crippen molar-refractivity contribution in [3.8, 4) is 17.6 Å². The Balaban J connectivity index is 1.61. The lowest BCUT2D eigenvalue weighted by atomic mass is 9.97. The molecule has 1 heterocycles. The zero-order valence-electron chi connectivity index (χ0n) is 18.1. The topological polar surface area (TPSA) is 91.7 Å². The van der Waals surface area contributed by atoms with Gasteiger partial charge in [-0.3, -0.25) is 9.59 Å². The Kier molecular flexibility index (Phi) is 7.14. The Morgan fingerprint density at radius 1 is 1.13 bits per heavy atom. The van der Waals surface area contributed by atoms with E-state index >= 15 is 0 Å². The van der Waals surface area contributed by atoms with Gasteiger partial charge in [0.25, 0.3) is 11.8 Å². The molecule has 3 rings (SSSR count). The summed E-state index contributed by atoms with van der Waals surface area (Å²) in [7, 11) is 1.50. The molecule has 162 valence electrons. The van der Waals surface area contributed by atoms with E-state index < -0.39 is 0 Å². The molecule has 1 aliphatic heterocycles. The molecule has 1 aliphatic rings. The molecule has 0 saturated carbocycles. The molecule has 2 aromatic rings. The first-order valence-corrected chi connectivity index (χ1v) is 10.4. The minimum absolute atomic E-state index is 0.0222. The summed E-state index contributed by atoms with van der Waals surface area (Å²) in [6.07, 6.45) is 3.17. The van der Waals surface area contributed by atoms with E-state index in [0.29, 0.717) is 28.3 Å². The van der Waals surface area contributed by atoms with Gasteiger partial charge in [-0.25, -0.2) is 0 Å². The third kappa shape index (κ3) is 5.34. The summed E-state index contributed by atoms with van der Waals surface area (Å²) in [5.74, 6) is 0.622. The maximum absolute atomic E-state index is 12.6. The number of anilines is 1. The highest BCUT2D eigenvalue weighted by molar-refractivity contribution is 6.05. The van der Waals surface area contributed by atoms with Crippen LogP contribution in [0.3, 0.4) is 0 Å². The second-order valence-corrected chi connectivity index (χ2v) is 7.72.